The number of aliphatic carboxylic acids is 2. The van der Waals surface area contributed by atoms with Crippen molar-refractivity contribution in [1.29, 1.82) is 0 Å². The van der Waals surface area contributed by atoms with Crippen molar-refractivity contribution in [2.75, 3.05) is 17.6 Å². The Hall–Kier alpha value is -2.75. The molecule has 2 amide bonds. The zero-order valence-corrected chi connectivity index (χ0v) is 18.5. The van der Waals surface area contributed by atoms with Gasteiger partial charge in [0, 0.05) is 12.2 Å². The molecule has 0 saturated carbocycles. The summed E-state index contributed by atoms with van der Waals surface area (Å²) in [7, 11) is 0. The maximum atomic E-state index is 11.9. The van der Waals surface area contributed by atoms with Gasteiger partial charge in [0.1, 0.15) is 18.6 Å². The third kappa shape index (κ3) is 12.5. The number of carboxylic acid groups (broad SMARTS) is 2. The minimum atomic E-state index is -1.21. The van der Waals surface area contributed by atoms with E-state index in [0.717, 1.165) is 0 Å². The Bertz CT molecular complexity index is 766. The molecule has 11 heteroatoms. The largest absolute Gasteiger partial charge is 2.00 e. The third-order valence-electron chi connectivity index (χ3n) is 3.77. The van der Waals surface area contributed by atoms with Crippen molar-refractivity contribution in [2.24, 2.45) is 0 Å². The molecular formula is C20H25FeN3O6S. The molecule has 2 atom stereocenters. The molecule has 0 aliphatic carbocycles. The van der Waals surface area contributed by atoms with Crippen molar-refractivity contribution < 1.29 is 46.5 Å². The maximum absolute atomic E-state index is 11.9. The molecule has 0 aromatic heterocycles. The second-order valence-corrected chi connectivity index (χ2v) is 6.49. The summed E-state index contributed by atoms with van der Waals surface area (Å²) in [5.74, 6) is -3.53. The van der Waals surface area contributed by atoms with Crippen LogP contribution in [0.2, 0.25) is 0 Å². The molecule has 0 heterocycles. The van der Waals surface area contributed by atoms with Crippen molar-refractivity contribution >= 4 is 42.1 Å². The van der Waals surface area contributed by atoms with Crippen molar-refractivity contribution in [2.45, 2.75) is 24.9 Å². The Labute approximate surface area is 196 Å². The summed E-state index contributed by atoms with van der Waals surface area (Å²) in [5.41, 5.74) is 0.633. The summed E-state index contributed by atoms with van der Waals surface area (Å²) >= 11 is 3.95. The van der Waals surface area contributed by atoms with Crippen LogP contribution in [-0.4, -0.2) is 58.3 Å². The molecule has 2 aromatic rings. The van der Waals surface area contributed by atoms with Gasteiger partial charge in [-0.15, -0.1) is 0 Å². The normalized spacial score (nSPS) is 11.5. The predicted octanol–water partition coefficient (Wildman–Crippen LogP) is 1.07. The Kier molecular flexibility index (Phi) is 14.6. The number of carbonyl (C=O) groups is 4. The monoisotopic (exact) mass is 491 g/mol. The first-order chi connectivity index (χ1) is 14.3. The molecule has 0 spiro atoms. The number of anilines is 1. The molecule has 0 aliphatic heterocycles. The molecule has 31 heavy (non-hydrogen) atoms. The zero-order chi connectivity index (χ0) is 22.4. The van der Waals surface area contributed by atoms with E-state index < -0.39 is 42.4 Å². The first-order valence-corrected chi connectivity index (χ1v) is 9.74. The topological polar surface area (TPSA) is 145 Å². The summed E-state index contributed by atoms with van der Waals surface area (Å²) in [6.45, 7) is -0.566. The number of carbonyl (C=O) groups excluding carboxylic acids is 2. The van der Waals surface area contributed by atoms with Gasteiger partial charge >= 0.3 is 29.0 Å². The molecule has 9 nitrogen and oxygen atoms in total. The number of nitrogens with one attached hydrogen (secondary N) is 3. The van der Waals surface area contributed by atoms with E-state index in [1.54, 1.807) is 24.3 Å². The Morgan fingerprint density at radius 3 is 2.06 bits per heavy atom. The average molecular weight is 491 g/mol. The summed E-state index contributed by atoms with van der Waals surface area (Å²) in [6, 6.07) is 15.0. The van der Waals surface area contributed by atoms with Crippen LogP contribution in [-0.2, 0) is 36.2 Å². The van der Waals surface area contributed by atoms with Crippen LogP contribution in [0.3, 0.4) is 0 Å². The van der Waals surface area contributed by atoms with E-state index >= 15 is 0 Å². The van der Waals surface area contributed by atoms with Gasteiger partial charge in [-0.3, -0.25) is 19.2 Å². The van der Waals surface area contributed by atoms with Gasteiger partial charge in [0.15, 0.2) is 0 Å². The van der Waals surface area contributed by atoms with E-state index in [1.165, 1.54) is 0 Å². The number of hydrogen-bond acceptors (Lipinski definition) is 6. The van der Waals surface area contributed by atoms with Gasteiger partial charge in [0.05, 0.1) is 0 Å². The molecule has 170 valence electrons. The number of rotatable bonds is 11. The van der Waals surface area contributed by atoms with Crippen LogP contribution in [0.5, 0.6) is 0 Å². The summed E-state index contributed by atoms with van der Waals surface area (Å²) in [5, 5.41) is 25.1. The fourth-order valence-electron chi connectivity index (χ4n) is 2.27. The van der Waals surface area contributed by atoms with Gasteiger partial charge in [-0.05, 0) is 6.42 Å². The van der Waals surface area contributed by atoms with Crippen LogP contribution in [0.25, 0.3) is 0 Å². The minimum absolute atomic E-state index is 0. The minimum Gasteiger partial charge on any atom is -0.480 e. The van der Waals surface area contributed by atoms with Crippen LogP contribution in [0, 0.1) is 0 Å². The Morgan fingerprint density at radius 1 is 1.00 bits per heavy atom. The van der Waals surface area contributed by atoms with Crippen molar-refractivity contribution in [3.63, 3.8) is 0 Å². The van der Waals surface area contributed by atoms with Gasteiger partial charge in [0.2, 0.25) is 11.8 Å². The number of thiol groups is 1. The second kappa shape index (κ2) is 16.0. The van der Waals surface area contributed by atoms with Crippen LogP contribution in [0.4, 0.5) is 5.69 Å². The van der Waals surface area contributed by atoms with Crippen molar-refractivity contribution in [1.82, 2.24) is 10.6 Å². The smallest absolute Gasteiger partial charge is 0.480 e. The first kappa shape index (κ1) is 28.2. The average Bonchev–Trinajstić information content (AvgIpc) is 3.43. The maximum Gasteiger partial charge on any atom is 2.00 e. The molecule has 5 N–H and O–H groups in total. The number of carboxylic acids is 2. The standard InChI is InChI=1S/C15H20N3O6S.C5H5.Fe/c19-12(18-11(8-25)14(22)16-7-13(20)21)6-5-10(15(23)24)17-9-3-1-2-4-9;1-2-4-5-3-1;/h1-4,10-11,17,25H,5-8H2,(H,16,22)(H,18,19)(H,20,21)(H,23,24);1-5H;/q2*-1;+2/t10-,11-;;/m0../s1. The summed E-state index contributed by atoms with van der Waals surface area (Å²) in [6.07, 6.45) is -0.108. The molecule has 0 saturated heterocycles. The van der Waals surface area contributed by atoms with Crippen molar-refractivity contribution in [3.05, 3.63) is 54.6 Å². The fourth-order valence-corrected chi connectivity index (χ4v) is 2.53. The predicted molar refractivity (Wildman–Crippen MR) is 115 cm³/mol. The van der Waals surface area contributed by atoms with Gasteiger partial charge in [0.25, 0.3) is 0 Å². The van der Waals surface area contributed by atoms with Gasteiger partial charge in [-0.2, -0.15) is 43.0 Å². The quantitative estimate of drug-likeness (QED) is 0.157. The van der Waals surface area contributed by atoms with Gasteiger partial charge in [-0.25, -0.2) is 24.3 Å². The molecule has 2 rings (SSSR count). The van der Waals surface area contributed by atoms with Crippen LogP contribution in [0.15, 0.2) is 54.6 Å². The number of hydrogen-bond donors (Lipinski definition) is 6. The van der Waals surface area contributed by atoms with E-state index in [4.69, 9.17) is 5.11 Å². The molecule has 0 fully saturated rings. The molecule has 0 radical (unpaired) electrons. The second-order valence-electron chi connectivity index (χ2n) is 6.12. The van der Waals surface area contributed by atoms with Crippen LogP contribution >= 0.6 is 12.6 Å². The summed E-state index contributed by atoms with van der Waals surface area (Å²) < 4.78 is 0. The molecular weight excluding hydrogens is 466 g/mol. The molecule has 0 unspecified atom stereocenters. The molecule has 2 aromatic carbocycles. The van der Waals surface area contributed by atoms with E-state index in [2.05, 4.69) is 28.6 Å². The first-order valence-electron chi connectivity index (χ1n) is 9.11. The molecule has 0 bridgehead atoms. The van der Waals surface area contributed by atoms with E-state index in [-0.39, 0.29) is 35.7 Å². The van der Waals surface area contributed by atoms with Gasteiger partial charge < -0.3 is 26.2 Å². The molecule has 0 aliphatic rings. The SMILES string of the molecule is O=C(O)CNC(=O)[C@H](CS)NC(=O)CC[C@H](N[c-]1cccc1)C(=O)O.[Fe+2].c1cc[cH-]c1. The van der Waals surface area contributed by atoms with Crippen LogP contribution < -0.4 is 16.0 Å². The van der Waals surface area contributed by atoms with E-state index in [1.807, 2.05) is 30.3 Å². The van der Waals surface area contributed by atoms with Crippen LogP contribution in [0.1, 0.15) is 12.8 Å². The fraction of sp³-hybridized carbons (Fsp3) is 0.300. The van der Waals surface area contributed by atoms with E-state index in [9.17, 15) is 24.3 Å². The zero-order valence-electron chi connectivity index (χ0n) is 16.5. The Morgan fingerprint density at radius 2 is 1.61 bits per heavy atom. The Balaban J connectivity index is 0.00000131. The number of amides is 2. The van der Waals surface area contributed by atoms with Gasteiger partial charge in [-0.1, -0.05) is 5.69 Å². The summed E-state index contributed by atoms with van der Waals surface area (Å²) in [4.78, 5) is 45.3. The van der Waals surface area contributed by atoms with Crippen molar-refractivity contribution in [3.8, 4) is 0 Å². The third-order valence-corrected chi connectivity index (χ3v) is 4.13. The van der Waals surface area contributed by atoms with E-state index in [0.29, 0.717) is 5.69 Å².